The maximum atomic E-state index is 12.5. The van der Waals surface area contributed by atoms with Gasteiger partial charge in [0.15, 0.2) is 23.0 Å². The first kappa shape index (κ1) is 21.4. The molecule has 0 fully saturated rings. The van der Waals surface area contributed by atoms with Crippen LogP contribution < -0.4 is 14.8 Å². The van der Waals surface area contributed by atoms with Gasteiger partial charge in [0.05, 0.1) is 6.54 Å². The van der Waals surface area contributed by atoms with Crippen molar-refractivity contribution in [2.75, 3.05) is 13.3 Å². The van der Waals surface area contributed by atoms with Crippen LogP contribution in [0, 0.1) is 5.92 Å². The van der Waals surface area contributed by atoms with Crippen LogP contribution >= 0.6 is 11.3 Å². The highest BCUT2D eigenvalue weighted by Crippen LogP contribution is 2.32. The molecule has 1 aliphatic heterocycles. The molecule has 0 aliphatic carbocycles. The van der Waals surface area contributed by atoms with Gasteiger partial charge in [0, 0.05) is 24.0 Å². The van der Waals surface area contributed by atoms with E-state index in [1.165, 1.54) is 4.88 Å². The van der Waals surface area contributed by atoms with Gasteiger partial charge in [-0.1, -0.05) is 31.1 Å². The minimum atomic E-state index is -0.264. The first-order valence-corrected chi connectivity index (χ1v) is 11.3. The van der Waals surface area contributed by atoms with E-state index in [0.29, 0.717) is 30.5 Å². The largest absolute Gasteiger partial charge is 0.454 e. The Hall–Kier alpha value is -2.84. The van der Waals surface area contributed by atoms with Crippen LogP contribution in [0.5, 0.6) is 11.5 Å². The summed E-state index contributed by atoms with van der Waals surface area (Å²) >= 11 is 1.75. The fourth-order valence-electron chi connectivity index (χ4n) is 3.32. The number of thiophene rings is 1. The number of carbonyl (C=O) groups excluding carboxylic acids is 1. The van der Waals surface area contributed by atoms with E-state index in [0.717, 1.165) is 30.8 Å². The highest BCUT2D eigenvalue weighted by molar-refractivity contribution is 7.09. The molecule has 3 aromatic rings. The molecule has 0 bridgehead atoms. The Bertz CT molecular complexity index is 1000. The zero-order valence-electron chi connectivity index (χ0n) is 17.8. The molecule has 7 nitrogen and oxygen atoms in total. The maximum Gasteiger partial charge on any atom is 0.273 e. The molecule has 31 heavy (non-hydrogen) atoms. The van der Waals surface area contributed by atoms with Crippen molar-refractivity contribution in [2.24, 2.45) is 5.92 Å². The molecule has 0 spiro atoms. The molecule has 1 aromatic carbocycles. The van der Waals surface area contributed by atoms with Crippen LogP contribution in [-0.4, -0.2) is 29.3 Å². The fourth-order valence-corrected chi connectivity index (χ4v) is 4.06. The summed E-state index contributed by atoms with van der Waals surface area (Å²) in [5.74, 6) is 2.47. The topological polar surface area (TPSA) is 76.8 Å². The minimum Gasteiger partial charge on any atom is -0.454 e. The van der Waals surface area contributed by atoms with E-state index in [4.69, 9.17) is 14.0 Å². The second-order valence-electron chi connectivity index (χ2n) is 8.02. The first-order chi connectivity index (χ1) is 15.1. The Kier molecular flexibility index (Phi) is 6.89. The highest BCUT2D eigenvalue weighted by Gasteiger charge is 2.17. The van der Waals surface area contributed by atoms with Gasteiger partial charge in [-0.2, -0.15) is 0 Å². The number of nitrogens with one attached hydrogen (secondary N) is 1. The number of fused-ring (bicyclic) bond motifs is 1. The third-order valence-electron chi connectivity index (χ3n) is 5.04. The summed E-state index contributed by atoms with van der Waals surface area (Å²) < 4.78 is 16.2. The molecule has 8 heteroatoms. The Labute approximate surface area is 185 Å². The van der Waals surface area contributed by atoms with Gasteiger partial charge >= 0.3 is 0 Å². The van der Waals surface area contributed by atoms with Crippen LogP contribution in [-0.2, 0) is 19.6 Å². The maximum absolute atomic E-state index is 12.5. The molecule has 1 N–H and O–H groups in total. The molecule has 164 valence electrons. The normalized spacial score (nSPS) is 12.6. The second kappa shape index (κ2) is 9.98. The number of hydrogen-bond donors (Lipinski definition) is 1. The van der Waals surface area contributed by atoms with E-state index in [-0.39, 0.29) is 18.4 Å². The molecule has 1 aliphatic rings. The average molecular weight is 442 g/mol. The Morgan fingerprint density at radius 1 is 1.19 bits per heavy atom. The van der Waals surface area contributed by atoms with Crippen LogP contribution in [0.4, 0.5) is 0 Å². The van der Waals surface area contributed by atoms with Crippen LogP contribution in [0.3, 0.4) is 0 Å². The Balaban J connectivity index is 1.33. The Morgan fingerprint density at radius 2 is 2.06 bits per heavy atom. The molecule has 0 unspecified atom stereocenters. The van der Waals surface area contributed by atoms with Crippen molar-refractivity contribution in [3.05, 3.63) is 63.7 Å². The lowest BCUT2D eigenvalue weighted by Gasteiger charge is -2.21. The number of rotatable bonds is 10. The van der Waals surface area contributed by atoms with E-state index in [1.54, 1.807) is 17.4 Å². The minimum absolute atomic E-state index is 0.230. The molecule has 0 radical (unpaired) electrons. The lowest BCUT2D eigenvalue weighted by atomic mass is 10.1. The van der Waals surface area contributed by atoms with Crippen molar-refractivity contribution in [3.63, 3.8) is 0 Å². The Morgan fingerprint density at radius 3 is 2.87 bits per heavy atom. The quantitative estimate of drug-likeness (QED) is 0.501. The van der Waals surface area contributed by atoms with Crippen LogP contribution in [0.15, 0.2) is 46.3 Å². The first-order valence-electron chi connectivity index (χ1n) is 10.4. The molecule has 4 rings (SSSR count). The molecule has 0 saturated carbocycles. The van der Waals surface area contributed by atoms with E-state index in [2.05, 4.69) is 46.7 Å². The van der Waals surface area contributed by atoms with Gasteiger partial charge in [-0.05, 0) is 48.0 Å². The summed E-state index contributed by atoms with van der Waals surface area (Å²) in [6.45, 7) is 7.48. The summed E-state index contributed by atoms with van der Waals surface area (Å²) in [7, 11) is 0. The summed E-state index contributed by atoms with van der Waals surface area (Å²) in [6, 6.07) is 11.6. The monoisotopic (exact) mass is 441 g/mol. The van der Waals surface area contributed by atoms with E-state index in [1.807, 2.05) is 18.2 Å². The van der Waals surface area contributed by atoms with Crippen molar-refractivity contribution in [1.29, 1.82) is 0 Å². The molecule has 1 amide bonds. The SMILES string of the molecule is CC(C)CCN(Cc1cc(C(=O)NCc2ccc3c(c2)OCO3)no1)Cc1cccs1. The second-order valence-corrected chi connectivity index (χ2v) is 9.05. The zero-order chi connectivity index (χ0) is 21.6. The number of aromatic nitrogens is 1. The lowest BCUT2D eigenvalue weighted by Crippen LogP contribution is -2.24. The predicted molar refractivity (Wildman–Crippen MR) is 118 cm³/mol. The number of carbonyl (C=O) groups is 1. The third-order valence-corrected chi connectivity index (χ3v) is 5.90. The number of amides is 1. The average Bonchev–Trinajstić information content (AvgIpc) is 3.51. The molecular formula is C23H27N3O4S. The van der Waals surface area contributed by atoms with Crippen molar-refractivity contribution in [3.8, 4) is 11.5 Å². The van der Waals surface area contributed by atoms with Crippen LogP contribution in [0.25, 0.3) is 0 Å². The van der Waals surface area contributed by atoms with Gasteiger partial charge in [-0.25, -0.2) is 0 Å². The van der Waals surface area contributed by atoms with Gasteiger partial charge in [-0.15, -0.1) is 11.3 Å². The van der Waals surface area contributed by atoms with E-state index >= 15 is 0 Å². The van der Waals surface area contributed by atoms with Crippen molar-refractivity contribution < 1.29 is 18.8 Å². The molecular weight excluding hydrogens is 414 g/mol. The number of nitrogens with zero attached hydrogens (tertiary/aromatic N) is 2. The highest BCUT2D eigenvalue weighted by atomic mass is 32.1. The third kappa shape index (κ3) is 5.86. The fraction of sp³-hybridized carbons (Fsp3) is 0.391. The summed E-state index contributed by atoms with van der Waals surface area (Å²) in [4.78, 5) is 16.2. The van der Waals surface area contributed by atoms with Crippen LogP contribution in [0.2, 0.25) is 0 Å². The van der Waals surface area contributed by atoms with Gasteiger partial charge in [0.2, 0.25) is 6.79 Å². The smallest absolute Gasteiger partial charge is 0.273 e. The number of benzene rings is 1. The summed E-state index contributed by atoms with van der Waals surface area (Å²) in [5, 5.41) is 8.95. The number of hydrogen-bond acceptors (Lipinski definition) is 7. The van der Waals surface area contributed by atoms with E-state index in [9.17, 15) is 4.79 Å². The van der Waals surface area contributed by atoms with Gasteiger partial charge < -0.3 is 19.3 Å². The lowest BCUT2D eigenvalue weighted by molar-refractivity contribution is 0.0941. The summed E-state index contributed by atoms with van der Waals surface area (Å²) in [6.07, 6.45) is 1.10. The van der Waals surface area contributed by atoms with Gasteiger partial charge in [0.1, 0.15) is 0 Å². The van der Waals surface area contributed by atoms with E-state index < -0.39 is 0 Å². The number of ether oxygens (including phenoxy) is 2. The van der Waals surface area contributed by atoms with Crippen LogP contribution in [0.1, 0.15) is 47.0 Å². The molecule has 2 aromatic heterocycles. The summed E-state index contributed by atoms with van der Waals surface area (Å²) in [5.41, 5.74) is 1.22. The standard InChI is InChI=1S/C23H27N3O4S/c1-16(2)7-8-26(14-19-4-3-9-31-19)13-18-11-20(25-30-18)23(27)24-12-17-5-6-21-22(10-17)29-15-28-21/h3-6,9-11,16H,7-8,12-15H2,1-2H3,(H,24,27). The molecule has 0 atom stereocenters. The van der Waals surface area contributed by atoms with Crippen molar-refractivity contribution in [2.45, 2.75) is 39.9 Å². The molecule has 0 saturated heterocycles. The van der Waals surface area contributed by atoms with Crippen molar-refractivity contribution >= 4 is 17.2 Å². The predicted octanol–water partition coefficient (Wildman–Crippen LogP) is 4.44. The molecule has 3 heterocycles. The van der Waals surface area contributed by atoms with Crippen molar-refractivity contribution in [1.82, 2.24) is 15.4 Å². The van der Waals surface area contributed by atoms with Gasteiger partial charge in [-0.3, -0.25) is 9.69 Å². The zero-order valence-corrected chi connectivity index (χ0v) is 18.6. The van der Waals surface area contributed by atoms with Gasteiger partial charge in [0.25, 0.3) is 5.91 Å².